The molecule has 1 amide bonds. The summed E-state index contributed by atoms with van der Waals surface area (Å²) in [4.78, 5) is 20.8. The van der Waals surface area contributed by atoms with Gasteiger partial charge in [-0.1, -0.05) is 29.4 Å². The molecule has 3 rings (SSSR count). The lowest BCUT2D eigenvalue weighted by atomic mass is 10.1. The molecule has 7 heteroatoms. The zero-order chi connectivity index (χ0) is 17.6. The van der Waals surface area contributed by atoms with Crippen molar-refractivity contribution >= 4 is 17.7 Å². The summed E-state index contributed by atoms with van der Waals surface area (Å²) in [5.74, 6) is 2.96. The molecule has 1 aromatic carbocycles. The topological polar surface area (TPSA) is 62.5 Å². The molecule has 2 aromatic rings. The molecule has 6 nitrogen and oxygen atoms in total. The Morgan fingerprint density at radius 1 is 1.20 bits per heavy atom. The maximum absolute atomic E-state index is 12.4. The second kappa shape index (κ2) is 8.49. The van der Waals surface area contributed by atoms with E-state index in [0.717, 1.165) is 31.9 Å². The van der Waals surface area contributed by atoms with Gasteiger partial charge < -0.3 is 9.42 Å². The number of carbonyl (C=O) groups excluding carboxylic acids is 1. The highest BCUT2D eigenvalue weighted by Gasteiger charge is 2.22. The quantitative estimate of drug-likeness (QED) is 0.787. The van der Waals surface area contributed by atoms with E-state index in [1.165, 1.54) is 11.1 Å². The molecule has 0 unspecified atom stereocenters. The molecule has 0 saturated carbocycles. The number of amides is 1. The molecule has 1 saturated heterocycles. The van der Waals surface area contributed by atoms with Crippen LogP contribution in [0.2, 0.25) is 0 Å². The fraction of sp³-hybridized carbons (Fsp3) is 0.500. The Bertz CT molecular complexity index is 711. The van der Waals surface area contributed by atoms with E-state index in [4.69, 9.17) is 4.52 Å². The van der Waals surface area contributed by atoms with Gasteiger partial charge in [0.05, 0.1) is 12.3 Å². The van der Waals surface area contributed by atoms with Gasteiger partial charge in [-0.3, -0.25) is 9.69 Å². The number of hydrogen-bond acceptors (Lipinski definition) is 6. The number of carbonyl (C=O) groups is 1. The van der Waals surface area contributed by atoms with Gasteiger partial charge in [-0.05, 0) is 18.1 Å². The van der Waals surface area contributed by atoms with Crippen LogP contribution in [0.25, 0.3) is 0 Å². The van der Waals surface area contributed by atoms with Crippen LogP contribution >= 0.6 is 11.8 Å². The minimum Gasteiger partial charge on any atom is -0.340 e. The van der Waals surface area contributed by atoms with Crippen LogP contribution in [0, 0.1) is 13.8 Å². The van der Waals surface area contributed by atoms with Gasteiger partial charge in [0.25, 0.3) is 0 Å². The Morgan fingerprint density at radius 2 is 1.96 bits per heavy atom. The summed E-state index contributed by atoms with van der Waals surface area (Å²) in [5, 5.41) is 3.93. The van der Waals surface area contributed by atoms with E-state index in [1.807, 2.05) is 11.0 Å². The monoisotopic (exact) mass is 360 g/mol. The van der Waals surface area contributed by atoms with Crippen molar-refractivity contribution in [1.82, 2.24) is 19.9 Å². The number of piperazine rings is 1. The van der Waals surface area contributed by atoms with Crippen molar-refractivity contribution in [3.63, 3.8) is 0 Å². The molecule has 0 N–H and O–H groups in total. The minimum atomic E-state index is 0.230. The van der Waals surface area contributed by atoms with Crippen LogP contribution in [0.15, 0.2) is 28.8 Å². The first-order chi connectivity index (χ1) is 12.1. The van der Waals surface area contributed by atoms with Crippen LogP contribution in [0.3, 0.4) is 0 Å². The molecule has 1 fully saturated rings. The van der Waals surface area contributed by atoms with E-state index >= 15 is 0 Å². The molecule has 0 radical (unpaired) electrons. The van der Waals surface area contributed by atoms with Crippen molar-refractivity contribution in [3.05, 3.63) is 47.1 Å². The van der Waals surface area contributed by atoms with Crippen molar-refractivity contribution in [3.8, 4) is 0 Å². The molecule has 0 aliphatic carbocycles. The van der Waals surface area contributed by atoms with Gasteiger partial charge in [0.2, 0.25) is 11.8 Å². The van der Waals surface area contributed by atoms with Gasteiger partial charge in [0.1, 0.15) is 0 Å². The summed E-state index contributed by atoms with van der Waals surface area (Å²) < 4.78 is 5.00. The van der Waals surface area contributed by atoms with Crippen molar-refractivity contribution in [2.24, 2.45) is 0 Å². The van der Waals surface area contributed by atoms with E-state index in [9.17, 15) is 4.79 Å². The highest BCUT2D eigenvalue weighted by atomic mass is 32.2. The zero-order valence-electron chi connectivity index (χ0n) is 14.8. The molecule has 0 atom stereocenters. The Hall–Kier alpha value is -1.86. The molecular weight excluding hydrogens is 336 g/mol. The molecular formula is C18H24N4O2S. The fourth-order valence-corrected chi connectivity index (χ4v) is 3.88. The maximum atomic E-state index is 12.4. The van der Waals surface area contributed by atoms with Crippen molar-refractivity contribution in [2.75, 3.05) is 31.9 Å². The SMILES string of the molecule is Cc1nc(CN2CCN(C(=O)CSCc3ccccc3C)CC2)no1. The number of nitrogens with zero attached hydrogens (tertiary/aromatic N) is 4. The lowest BCUT2D eigenvalue weighted by Gasteiger charge is -2.34. The molecule has 1 aliphatic rings. The number of rotatable bonds is 6. The first-order valence-electron chi connectivity index (χ1n) is 8.53. The average Bonchev–Trinajstić information content (AvgIpc) is 3.02. The zero-order valence-corrected chi connectivity index (χ0v) is 15.6. The van der Waals surface area contributed by atoms with E-state index in [1.54, 1.807) is 18.7 Å². The number of thioether (sulfide) groups is 1. The van der Waals surface area contributed by atoms with Crippen LogP contribution in [0.4, 0.5) is 0 Å². The van der Waals surface area contributed by atoms with Crippen LogP contribution < -0.4 is 0 Å². The second-order valence-electron chi connectivity index (χ2n) is 6.31. The number of benzene rings is 1. The van der Waals surface area contributed by atoms with Crippen LogP contribution in [0.1, 0.15) is 22.8 Å². The third-order valence-electron chi connectivity index (χ3n) is 4.40. The predicted octanol–water partition coefficient (Wildman–Crippen LogP) is 2.26. The normalized spacial score (nSPS) is 15.5. The molecule has 1 aromatic heterocycles. The summed E-state index contributed by atoms with van der Waals surface area (Å²) in [6, 6.07) is 8.34. The van der Waals surface area contributed by atoms with Gasteiger partial charge in [0, 0.05) is 38.9 Å². The molecule has 0 bridgehead atoms. The summed E-state index contributed by atoms with van der Waals surface area (Å²) in [6.07, 6.45) is 0. The third kappa shape index (κ3) is 5.06. The predicted molar refractivity (Wildman–Crippen MR) is 98.2 cm³/mol. The first kappa shape index (κ1) is 17.9. The van der Waals surface area contributed by atoms with Crippen LogP contribution in [-0.4, -0.2) is 57.8 Å². The highest BCUT2D eigenvalue weighted by molar-refractivity contribution is 7.99. The lowest BCUT2D eigenvalue weighted by molar-refractivity contribution is -0.130. The standard InChI is InChI=1S/C18H24N4O2S/c1-14-5-3-4-6-16(14)12-25-13-18(23)22-9-7-21(8-10-22)11-17-19-15(2)24-20-17/h3-6H,7-13H2,1-2H3. The van der Waals surface area contributed by atoms with Gasteiger partial charge >= 0.3 is 0 Å². The average molecular weight is 360 g/mol. The molecule has 2 heterocycles. The summed E-state index contributed by atoms with van der Waals surface area (Å²) in [5.41, 5.74) is 2.59. The first-order valence-corrected chi connectivity index (χ1v) is 9.69. The third-order valence-corrected chi connectivity index (χ3v) is 5.37. The number of hydrogen-bond donors (Lipinski definition) is 0. The lowest BCUT2D eigenvalue weighted by Crippen LogP contribution is -2.48. The largest absolute Gasteiger partial charge is 0.340 e. The van der Waals surface area contributed by atoms with E-state index in [0.29, 0.717) is 24.0 Å². The Labute approximate surface area is 152 Å². The molecule has 1 aliphatic heterocycles. The van der Waals surface area contributed by atoms with Gasteiger partial charge in [-0.15, -0.1) is 11.8 Å². The van der Waals surface area contributed by atoms with E-state index < -0.39 is 0 Å². The van der Waals surface area contributed by atoms with Crippen molar-refractivity contribution in [1.29, 1.82) is 0 Å². The van der Waals surface area contributed by atoms with Gasteiger partial charge in [0.15, 0.2) is 5.82 Å². The smallest absolute Gasteiger partial charge is 0.232 e. The van der Waals surface area contributed by atoms with Crippen LogP contribution in [0.5, 0.6) is 0 Å². The molecule has 134 valence electrons. The summed E-state index contributed by atoms with van der Waals surface area (Å²) in [6.45, 7) is 7.82. The second-order valence-corrected chi connectivity index (χ2v) is 7.29. The maximum Gasteiger partial charge on any atom is 0.232 e. The molecule has 0 spiro atoms. The van der Waals surface area contributed by atoms with Crippen LogP contribution in [-0.2, 0) is 17.1 Å². The Kier molecular flexibility index (Phi) is 6.09. The van der Waals surface area contributed by atoms with Crippen molar-refractivity contribution < 1.29 is 9.32 Å². The summed E-state index contributed by atoms with van der Waals surface area (Å²) >= 11 is 1.69. The van der Waals surface area contributed by atoms with E-state index in [2.05, 4.69) is 40.2 Å². The number of aromatic nitrogens is 2. The Balaban J connectivity index is 1.38. The number of aryl methyl sites for hydroxylation is 2. The van der Waals surface area contributed by atoms with Crippen molar-refractivity contribution in [2.45, 2.75) is 26.1 Å². The fourth-order valence-electron chi connectivity index (χ4n) is 2.87. The molecule has 25 heavy (non-hydrogen) atoms. The van der Waals surface area contributed by atoms with Gasteiger partial charge in [-0.25, -0.2) is 0 Å². The minimum absolute atomic E-state index is 0.230. The van der Waals surface area contributed by atoms with E-state index in [-0.39, 0.29) is 5.91 Å². The summed E-state index contributed by atoms with van der Waals surface area (Å²) in [7, 11) is 0. The van der Waals surface area contributed by atoms with Gasteiger partial charge in [-0.2, -0.15) is 4.98 Å². The highest BCUT2D eigenvalue weighted by Crippen LogP contribution is 2.17. The Morgan fingerprint density at radius 3 is 2.64 bits per heavy atom.